The number of allylic oxidation sites excluding steroid dienone is 1. The van der Waals surface area contributed by atoms with Gasteiger partial charge < -0.3 is 0 Å². The van der Waals surface area contributed by atoms with Crippen LogP contribution in [0.2, 0.25) is 0 Å². The van der Waals surface area contributed by atoms with E-state index in [1.807, 2.05) is 6.92 Å². The van der Waals surface area contributed by atoms with E-state index in [1.54, 1.807) is 6.08 Å². The van der Waals surface area contributed by atoms with Crippen LogP contribution in [0.1, 0.15) is 6.92 Å². The van der Waals surface area contributed by atoms with E-state index in [-0.39, 0.29) is 0 Å². The van der Waals surface area contributed by atoms with Crippen LogP contribution < -0.4 is 0 Å². The van der Waals surface area contributed by atoms with Gasteiger partial charge in [-0.2, -0.15) is 0 Å². The third kappa shape index (κ3) is 2.17. The van der Waals surface area contributed by atoms with Crippen LogP contribution in [0, 0.1) is 0 Å². The minimum absolute atomic E-state index is 1.79. The Morgan fingerprint density at radius 3 is 2.25 bits per heavy atom. The second-order valence-corrected chi connectivity index (χ2v) is 0.739. The van der Waals surface area contributed by atoms with Gasteiger partial charge in [0.05, 0.1) is 0 Å². The van der Waals surface area contributed by atoms with Gasteiger partial charge in [-0.3, -0.25) is 0 Å². The van der Waals surface area contributed by atoms with Crippen LogP contribution in [-0.2, 0) is 15.6 Å². The van der Waals surface area contributed by atoms with Crippen molar-refractivity contribution in [2.75, 3.05) is 0 Å². The molecule has 0 radical (unpaired) electrons. The second kappa shape index (κ2) is 3.17. The average molecular weight is 95.0 g/mol. The van der Waals surface area contributed by atoms with Crippen LogP contribution in [0.15, 0.2) is 6.08 Å². The summed E-state index contributed by atoms with van der Waals surface area (Å²) in [5.74, 6) is 0. The van der Waals surface area contributed by atoms with Gasteiger partial charge in [0.15, 0.2) is 0 Å². The summed E-state index contributed by atoms with van der Waals surface area (Å²) < 4.78 is 2.62. The molecule has 4 heavy (non-hydrogen) atoms. The molecule has 0 rings (SSSR count). The molecule has 0 aliphatic rings. The van der Waals surface area contributed by atoms with E-state index in [1.165, 1.54) is 0 Å². The van der Waals surface area contributed by atoms with Gasteiger partial charge >= 0.3 is 33.2 Å². The van der Waals surface area contributed by atoms with Crippen LogP contribution in [0.25, 0.3) is 0 Å². The molecule has 0 atom stereocenters. The quantitative estimate of drug-likeness (QED) is 0.384. The van der Waals surface area contributed by atoms with Crippen LogP contribution in [-0.4, -0.2) is 4.58 Å². The van der Waals surface area contributed by atoms with Crippen molar-refractivity contribution in [3.8, 4) is 0 Å². The first kappa shape index (κ1) is 4.17. The minimum atomic E-state index is 1.79. The van der Waals surface area contributed by atoms with Crippen LogP contribution >= 0.6 is 0 Å². The van der Waals surface area contributed by atoms with Crippen molar-refractivity contribution in [2.45, 2.75) is 6.92 Å². The van der Waals surface area contributed by atoms with E-state index >= 15 is 0 Å². The SMILES string of the molecule is CC=[C]=[Mn]. The first-order valence-electron chi connectivity index (χ1n) is 1.06. The molecule has 0 saturated heterocycles. The Labute approximate surface area is 33.9 Å². The molecule has 0 amide bonds. The van der Waals surface area contributed by atoms with Crippen LogP contribution in [0.4, 0.5) is 0 Å². The summed E-state index contributed by atoms with van der Waals surface area (Å²) >= 11 is 2.94. The van der Waals surface area contributed by atoms with Gasteiger partial charge in [-0.1, -0.05) is 0 Å². The van der Waals surface area contributed by atoms with Gasteiger partial charge in [-0.05, 0) is 0 Å². The first-order chi connectivity index (χ1) is 1.91. The average Bonchev–Trinajstić information content (AvgIpc) is 1.37. The molecule has 1 heteroatoms. The fraction of sp³-hybridized carbons (Fsp3) is 0.333. The van der Waals surface area contributed by atoms with Crippen molar-refractivity contribution in [1.29, 1.82) is 0 Å². The molecule has 0 aromatic carbocycles. The Balaban J connectivity index is 3.11. The Kier molecular flexibility index (Phi) is 3.30. The number of rotatable bonds is 0. The maximum atomic E-state index is 2.94. The summed E-state index contributed by atoms with van der Waals surface area (Å²) in [7, 11) is 0. The summed E-state index contributed by atoms with van der Waals surface area (Å²) in [6.07, 6.45) is 1.79. The van der Waals surface area contributed by atoms with E-state index in [0.717, 1.165) is 0 Å². The second-order valence-electron chi connectivity index (χ2n) is 0.398. The van der Waals surface area contributed by atoms with Gasteiger partial charge in [-0.25, -0.2) is 0 Å². The standard InChI is InChI=1S/C3H4.Mn/c1-3-2;/h3H,1H3;. The number of hydrogen-bond acceptors (Lipinski definition) is 0. The van der Waals surface area contributed by atoms with Crippen molar-refractivity contribution >= 4 is 4.58 Å². The van der Waals surface area contributed by atoms with E-state index in [9.17, 15) is 0 Å². The van der Waals surface area contributed by atoms with Crippen molar-refractivity contribution < 1.29 is 15.6 Å². The Hall–Kier alpha value is 0.169. The summed E-state index contributed by atoms with van der Waals surface area (Å²) in [4.78, 5) is 0. The molecule has 0 bridgehead atoms. The molecule has 0 spiro atoms. The fourth-order valence-electron chi connectivity index (χ4n) is 0. The third-order valence-corrected chi connectivity index (χ3v) is 0.450. The van der Waals surface area contributed by atoms with Crippen molar-refractivity contribution in [3.63, 3.8) is 0 Å². The molecule has 0 heterocycles. The molecule has 0 aliphatic carbocycles. The normalized spacial score (nSPS) is 4.25. The maximum absolute atomic E-state index is 2.94. The molecule has 0 nitrogen and oxygen atoms in total. The Bertz CT molecular complexity index is 41.2. The summed E-state index contributed by atoms with van der Waals surface area (Å²) in [5.41, 5.74) is 0. The molecule has 23 valence electrons. The van der Waals surface area contributed by atoms with E-state index in [4.69, 9.17) is 0 Å². The Morgan fingerprint density at radius 1 is 2.00 bits per heavy atom. The summed E-state index contributed by atoms with van der Waals surface area (Å²) in [6.45, 7) is 1.90. The number of hydrogen-bond donors (Lipinski definition) is 0. The zero-order valence-corrected chi connectivity index (χ0v) is 3.64. The zero-order valence-electron chi connectivity index (χ0n) is 2.46. The van der Waals surface area contributed by atoms with E-state index in [2.05, 4.69) is 20.2 Å². The van der Waals surface area contributed by atoms with Crippen LogP contribution in [0.5, 0.6) is 0 Å². The van der Waals surface area contributed by atoms with Crippen LogP contribution in [0.3, 0.4) is 0 Å². The Morgan fingerprint density at radius 2 is 2.25 bits per heavy atom. The topological polar surface area (TPSA) is 0 Å². The van der Waals surface area contributed by atoms with Crippen molar-refractivity contribution in [1.82, 2.24) is 0 Å². The molecule has 0 unspecified atom stereocenters. The van der Waals surface area contributed by atoms with Crippen molar-refractivity contribution in [3.05, 3.63) is 6.08 Å². The monoisotopic (exact) mass is 95.0 g/mol. The predicted octanol–water partition coefficient (Wildman–Crippen LogP) is 0.510. The fourth-order valence-corrected chi connectivity index (χ4v) is 0. The predicted molar refractivity (Wildman–Crippen MR) is 15.3 cm³/mol. The summed E-state index contributed by atoms with van der Waals surface area (Å²) in [6, 6.07) is 0. The molecule has 0 aliphatic heterocycles. The van der Waals surface area contributed by atoms with E-state index < -0.39 is 0 Å². The van der Waals surface area contributed by atoms with Gasteiger partial charge in [-0.15, -0.1) is 0 Å². The summed E-state index contributed by atoms with van der Waals surface area (Å²) in [5, 5.41) is 0. The van der Waals surface area contributed by atoms with Gasteiger partial charge in [0.2, 0.25) is 0 Å². The molecule has 0 fully saturated rings. The van der Waals surface area contributed by atoms with Gasteiger partial charge in [0.1, 0.15) is 0 Å². The third-order valence-electron chi connectivity index (χ3n) is 0.109. The molecule has 0 aromatic rings. The van der Waals surface area contributed by atoms with Gasteiger partial charge in [0, 0.05) is 0 Å². The van der Waals surface area contributed by atoms with Gasteiger partial charge in [0.25, 0.3) is 0 Å². The molecular formula is C3H4Mn. The molecule has 0 N–H and O–H groups in total. The molecule has 0 saturated carbocycles. The first-order valence-corrected chi connectivity index (χ1v) is 1.65. The molecule has 0 aromatic heterocycles. The van der Waals surface area contributed by atoms with Crippen molar-refractivity contribution in [2.24, 2.45) is 0 Å². The van der Waals surface area contributed by atoms with E-state index in [0.29, 0.717) is 0 Å². The zero-order chi connectivity index (χ0) is 3.41. The molecular weight excluding hydrogens is 91.0 g/mol.